The Morgan fingerprint density at radius 2 is 1.71 bits per heavy atom. The second-order valence-corrected chi connectivity index (χ2v) is 9.58. The summed E-state index contributed by atoms with van der Waals surface area (Å²) in [6.45, 7) is 1.68. The Kier molecular flexibility index (Phi) is 6.96. The molecule has 160 valence electrons. The summed E-state index contributed by atoms with van der Waals surface area (Å²) in [6, 6.07) is 15.5. The van der Waals surface area contributed by atoms with E-state index in [9.17, 15) is 14.4 Å². The Morgan fingerprint density at radius 1 is 1.03 bits per heavy atom. The van der Waals surface area contributed by atoms with Crippen molar-refractivity contribution in [1.29, 1.82) is 0 Å². The van der Waals surface area contributed by atoms with Gasteiger partial charge in [-0.25, -0.2) is 0 Å². The van der Waals surface area contributed by atoms with Gasteiger partial charge in [0.25, 0.3) is 11.1 Å². The zero-order valence-corrected chi connectivity index (χ0v) is 19.7. The van der Waals surface area contributed by atoms with Gasteiger partial charge in [0.1, 0.15) is 18.9 Å². The third kappa shape index (κ3) is 5.48. The molecule has 2 aromatic rings. The highest BCUT2D eigenvalue weighted by atomic mass is 127. The number of carbonyl (C=O) groups is 3. The minimum absolute atomic E-state index is 0.171. The van der Waals surface area contributed by atoms with E-state index in [1.807, 2.05) is 48.5 Å². The molecule has 0 atom stereocenters. The number of carbonyl (C=O) groups excluding carboxylic acids is 3. The summed E-state index contributed by atoms with van der Waals surface area (Å²) in [5, 5.41) is -0.402. The van der Waals surface area contributed by atoms with Gasteiger partial charge in [0, 0.05) is 16.7 Å². The van der Waals surface area contributed by atoms with Crippen molar-refractivity contribution in [2.45, 2.75) is 19.4 Å². The second-order valence-electron chi connectivity index (χ2n) is 7.34. The molecular formula is C23H21IN2O4S. The third-order valence-electron chi connectivity index (χ3n) is 5.12. The minimum Gasteiger partial charge on any atom is -0.489 e. The van der Waals surface area contributed by atoms with Crippen molar-refractivity contribution in [3.63, 3.8) is 0 Å². The van der Waals surface area contributed by atoms with Crippen LogP contribution in [0, 0.1) is 3.57 Å². The summed E-state index contributed by atoms with van der Waals surface area (Å²) in [5.74, 6) is 0.136. The standard InChI is InChI=1S/C23H21IN2O4S/c24-18-7-3-17(4-8-18)15-30-19-9-5-16(6-10-19)13-20-22(28)26(23(29)31-20)14-21(27)25-11-1-2-12-25/h3-10,13H,1-2,11-12,14-15H2/b20-13+. The van der Waals surface area contributed by atoms with E-state index in [1.54, 1.807) is 11.0 Å². The molecule has 4 rings (SSSR count). The number of hydrogen-bond acceptors (Lipinski definition) is 5. The lowest BCUT2D eigenvalue weighted by Crippen LogP contribution is -2.40. The number of rotatable bonds is 6. The van der Waals surface area contributed by atoms with Gasteiger partial charge in [-0.2, -0.15) is 0 Å². The monoisotopic (exact) mass is 548 g/mol. The Hall–Kier alpha value is -2.33. The van der Waals surface area contributed by atoms with Crippen molar-refractivity contribution in [3.05, 3.63) is 68.1 Å². The van der Waals surface area contributed by atoms with E-state index in [0.717, 1.165) is 46.4 Å². The summed E-state index contributed by atoms with van der Waals surface area (Å²) >= 11 is 3.13. The molecule has 2 aromatic carbocycles. The van der Waals surface area contributed by atoms with Crippen LogP contribution in [0.3, 0.4) is 0 Å². The first-order chi connectivity index (χ1) is 15.0. The number of thioether (sulfide) groups is 1. The predicted molar refractivity (Wildman–Crippen MR) is 128 cm³/mol. The molecule has 6 nitrogen and oxygen atoms in total. The number of amides is 3. The summed E-state index contributed by atoms with van der Waals surface area (Å²) in [4.78, 5) is 40.3. The molecule has 2 aliphatic heterocycles. The van der Waals surface area contributed by atoms with Crippen molar-refractivity contribution in [2.24, 2.45) is 0 Å². The Balaban J connectivity index is 1.36. The SMILES string of the molecule is O=C(CN1C(=O)S/C(=C/c2ccc(OCc3ccc(I)cc3)cc2)C1=O)N1CCCC1. The van der Waals surface area contributed by atoms with Crippen molar-refractivity contribution < 1.29 is 19.1 Å². The molecule has 2 aliphatic rings. The fraction of sp³-hybridized carbons (Fsp3) is 0.261. The molecule has 0 radical (unpaired) electrons. The maximum atomic E-state index is 12.6. The summed E-state index contributed by atoms with van der Waals surface area (Å²) in [6.07, 6.45) is 3.62. The number of nitrogens with zero attached hydrogens (tertiary/aromatic N) is 2. The Bertz CT molecular complexity index is 1010. The molecule has 2 fully saturated rings. The van der Waals surface area contributed by atoms with Crippen LogP contribution < -0.4 is 4.74 Å². The highest BCUT2D eigenvalue weighted by Gasteiger charge is 2.37. The first-order valence-corrected chi connectivity index (χ1v) is 11.9. The largest absolute Gasteiger partial charge is 0.489 e. The Morgan fingerprint density at radius 3 is 2.39 bits per heavy atom. The molecular weight excluding hydrogens is 527 g/mol. The fourth-order valence-electron chi connectivity index (χ4n) is 3.40. The molecule has 31 heavy (non-hydrogen) atoms. The van der Waals surface area contributed by atoms with Crippen LogP contribution in [-0.2, 0) is 16.2 Å². The first kappa shape index (κ1) is 21.9. The quantitative estimate of drug-likeness (QED) is 0.392. The number of hydrogen-bond donors (Lipinski definition) is 0. The molecule has 0 spiro atoms. The Labute approximate surface area is 198 Å². The van der Waals surface area contributed by atoms with Gasteiger partial charge in [-0.1, -0.05) is 24.3 Å². The molecule has 0 saturated carbocycles. The van der Waals surface area contributed by atoms with Gasteiger partial charge in [-0.3, -0.25) is 19.3 Å². The smallest absolute Gasteiger partial charge is 0.294 e. The molecule has 8 heteroatoms. The third-order valence-corrected chi connectivity index (χ3v) is 6.75. The van der Waals surface area contributed by atoms with E-state index in [4.69, 9.17) is 4.74 Å². The predicted octanol–water partition coefficient (Wildman–Crippen LogP) is 4.53. The minimum atomic E-state index is -0.415. The van der Waals surface area contributed by atoms with E-state index >= 15 is 0 Å². The molecule has 0 unspecified atom stereocenters. The van der Waals surface area contributed by atoms with Gasteiger partial charge in [0.2, 0.25) is 5.91 Å². The number of imide groups is 1. The summed E-state index contributed by atoms with van der Waals surface area (Å²) in [7, 11) is 0. The normalized spacial score (nSPS) is 17.6. The number of likely N-dealkylation sites (tertiary alicyclic amines) is 1. The topological polar surface area (TPSA) is 66.9 Å². The van der Waals surface area contributed by atoms with Crippen molar-refractivity contribution in [2.75, 3.05) is 19.6 Å². The fourth-order valence-corrected chi connectivity index (χ4v) is 4.59. The van der Waals surface area contributed by atoms with Crippen LogP contribution in [0.5, 0.6) is 5.75 Å². The number of halogens is 1. The molecule has 3 amide bonds. The zero-order valence-electron chi connectivity index (χ0n) is 16.8. The summed E-state index contributed by atoms with van der Waals surface area (Å²) < 4.78 is 6.98. The van der Waals surface area contributed by atoms with Gasteiger partial charge >= 0.3 is 0 Å². The van der Waals surface area contributed by atoms with Gasteiger partial charge < -0.3 is 9.64 Å². The zero-order chi connectivity index (χ0) is 21.8. The molecule has 2 heterocycles. The first-order valence-electron chi connectivity index (χ1n) is 10.00. The maximum absolute atomic E-state index is 12.6. The van der Waals surface area contributed by atoms with E-state index in [-0.39, 0.29) is 12.5 Å². The highest BCUT2D eigenvalue weighted by molar-refractivity contribution is 14.1. The van der Waals surface area contributed by atoms with E-state index in [0.29, 0.717) is 24.6 Å². The van der Waals surface area contributed by atoms with Crippen LogP contribution in [-0.4, -0.2) is 46.5 Å². The lowest BCUT2D eigenvalue weighted by molar-refractivity contribution is -0.135. The average Bonchev–Trinajstić information content (AvgIpc) is 3.39. The number of ether oxygens (including phenoxy) is 1. The van der Waals surface area contributed by atoms with E-state index < -0.39 is 11.1 Å². The highest BCUT2D eigenvalue weighted by Crippen LogP contribution is 2.32. The van der Waals surface area contributed by atoms with Crippen LogP contribution in [0.25, 0.3) is 6.08 Å². The second kappa shape index (κ2) is 9.86. The van der Waals surface area contributed by atoms with Crippen molar-refractivity contribution in [1.82, 2.24) is 9.80 Å². The van der Waals surface area contributed by atoms with Crippen LogP contribution in [0.1, 0.15) is 24.0 Å². The van der Waals surface area contributed by atoms with Gasteiger partial charge in [-0.15, -0.1) is 0 Å². The van der Waals surface area contributed by atoms with Crippen LogP contribution in [0.4, 0.5) is 4.79 Å². The molecule has 0 N–H and O–H groups in total. The van der Waals surface area contributed by atoms with Gasteiger partial charge in [-0.05, 0) is 88.7 Å². The molecule has 0 aliphatic carbocycles. The van der Waals surface area contributed by atoms with Gasteiger partial charge in [0.15, 0.2) is 0 Å². The van der Waals surface area contributed by atoms with Crippen LogP contribution in [0.15, 0.2) is 53.4 Å². The van der Waals surface area contributed by atoms with Crippen LogP contribution in [0.2, 0.25) is 0 Å². The molecule has 0 aromatic heterocycles. The van der Waals surface area contributed by atoms with Crippen molar-refractivity contribution >= 4 is 57.5 Å². The average molecular weight is 548 g/mol. The lowest BCUT2D eigenvalue weighted by Gasteiger charge is -2.18. The number of benzene rings is 2. The molecule has 0 bridgehead atoms. The van der Waals surface area contributed by atoms with E-state index in [2.05, 4.69) is 22.6 Å². The lowest BCUT2D eigenvalue weighted by atomic mass is 10.2. The molecule has 2 saturated heterocycles. The van der Waals surface area contributed by atoms with E-state index in [1.165, 1.54) is 3.57 Å². The van der Waals surface area contributed by atoms with Gasteiger partial charge in [0.05, 0.1) is 4.91 Å². The maximum Gasteiger partial charge on any atom is 0.294 e. The van der Waals surface area contributed by atoms with Crippen LogP contribution >= 0.6 is 34.4 Å². The van der Waals surface area contributed by atoms with Crippen molar-refractivity contribution in [3.8, 4) is 5.75 Å². The summed E-state index contributed by atoms with van der Waals surface area (Å²) in [5.41, 5.74) is 1.87.